The minimum absolute atomic E-state index is 0.0483. The van der Waals surface area contributed by atoms with Gasteiger partial charge in [0.05, 0.1) is 17.6 Å². The van der Waals surface area contributed by atoms with E-state index in [2.05, 4.69) is 4.90 Å². The zero-order chi connectivity index (χ0) is 15.1. The third kappa shape index (κ3) is 2.28. The molecule has 21 heavy (non-hydrogen) atoms. The number of hydrogen-bond donors (Lipinski definition) is 2. The Labute approximate surface area is 123 Å². The summed E-state index contributed by atoms with van der Waals surface area (Å²) in [5.74, 6) is 0. The first-order valence-corrected chi connectivity index (χ1v) is 7.37. The third-order valence-electron chi connectivity index (χ3n) is 4.89. The Morgan fingerprint density at radius 1 is 1.33 bits per heavy atom. The van der Waals surface area contributed by atoms with E-state index < -0.39 is 4.92 Å². The van der Waals surface area contributed by atoms with Crippen molar-refractivity contribution in [1.29, 1.82) is 0 Å². The molecule has 0 spiro atoms. The van der Waals surface area contributed by atoms with Crippen LogP contribution in [0.1, 0.15) is 36.8 Å². The van der Waals surface area contributed by atoms with Gasteiger partial charge in [0, 0.05) is 35.0 Å². The minimum atomic E-state index is -0.410. The summed E-state index contributed by atoms with van der Waals surface area (Å²) in [4.78, 5) is 12.9. The normalized spacial score (nSPS) is 28.0. The smallest absolute Gasteiger partial charge is 0.272 e. The average Bonchev–Trinajstić information content (AvgIpc) is 2.69. The SMILES string of the molecule is Cc1c([N+](=O)[O-])ccc(N2[C@@H]3CC[C@H]2C[C@@H](O)C3)c1CO. The Morgan fingerprint density at radius 3 is 2.48 bits per heavy atom. The van der Waals surface area contributed by atoms with Crippen molar-refractivity contribution in [3.05, 3.63) is 33.4 Å². The van der Waals surface area contributed by atoms with Crippen molar-refractivity contribution in [3.8, 4) is 0 Å². The number of fused-ring (bicyclic) bond motifs is 2. The first-order chi connectivity index (χ1) is 10.0. The molecule has 0 aliphatic carbocycles. The lowest BCUT2D eigenvalue weighted by molar-refractivity contribution is -0.385. The molecule has 1 aromatic carbocycles. The highest BCUT2D eigenvalue weighted by Gasteiger charge is 2.41. The Hall–Kier alpha value is -1.66. The minimum Gasteiger partial charge on any atom is -0.393 e. The molecule has 2 bridgehead atoms. The van der Waals surface area contributed by atoms with Crippen molar-refractivity contribution in [2.24, 2.45) is 0 Å². The molecule has 2 saturated heterocycles. The van der Waals surface area contributed by atoms with Crippen molar-refractivity contribution >= 4 is 11.4 Å². The van der Waals surface area contributed by atoms with E-state index in [0.29, 0.717) is 11.1 Å². The highest BCUT2D eigenvalue weighted by atomic mass is 16.6. The zero-order valence-electron chi connectivity index (χ0n) is 12.0. The van der Waals surface area contributed by atoms with E-state index in [9.17, 15) is 20.3 Å². The van der Waals surface area contributed by atoms with Crippen LogP contribution in [-0.4, -0.2) is 33.3 Å². The lowest BCUT2D eigenvalue weighted by atomic mass is 9.96. The molecule has 0 unspecified atom stereocenters. The molecule has 6 nitrogen and oxygen atoms in total. The van der Waals surface area contributed by atoms with Crippen LogP contribution in [0.5, 0.6) is 0 Å². The quantitative estimate of drug-likeness (QED) is 0.656. The standard InChI is InChI=1S/C15H20N2O4/c1-9-13(8-18)15(5-4-14(9)17(20)21)16-10-2-3-11(16)7-12(19)6-10/h4-5,10-12,18-19H,2-3,6-8H2,1H3/t10-,11+,12+. The Balaban J connectivity index is 2.03. The number of benzene rings is 1. The molecule has 2 heterocycles. The van der Waals surface area contributed by atoms with Gasteiger partial charge in [-0.2, -0.15) is 0 Å². The van der Waals surface area contributed by atoms with Crippen molar-refractivity contribution in [3.63, 3.8) is 0 Å². The van der Waals surface area contributed by atoms with Gasteiger partial charge in [0.15, 0.2) is 0 Å². The van der Waals surface area contributed by atoms with E-state index in [1.165, 1.54) is 6.07 Å². The second-order valence-electron chi connectivity index (χ2n) is 6.04. The van der Waals surface area contributed by atoms with Gasteiger partial charge in [-0.25, -0.2) is 0 Å². The van der Waals surface area contributed by atoms with Crippen LogP contribution < -0.4 is 4.90 Å². The van der Waals surface area contributed by atoms with Crippen molar-refractivity contribution in [2.75, 3.05) is 4.90 Å². The monoisotopic (exact) mass is 292 g/mol. The van der Waals surface area contributed by atoms with Gasteiger partial charge in [-0.1, -0.05) is 0 Å². The topological polar surface area (TPSA) is 86.8 Å². The molecule has 2 fully saturated rings. The molecule has 6 heteroatoms. The lowest BCUT2D eigenvalue weighted by Crippen LogP contribution is -2.45. The van der Waals surface area contributed by atoms with Gasteiger partial charge >= 0.3 is 0 Å². The largest absolute Gasteiger partial charge is 0.393 e. The summed E-state index contributed by atoms with van der Waals surface area (Å²) in [5.41, 5.74) is 2.11. The van der Waals surface area contributed by atoms with Gasteiger partial charge in [-0.05, 0) is 38.7 Å². The number of piperidine rings is 1. The van der Waals surface area contributed by atoms with Crippen LogP contribution >= 0.6 is 0 Å². The number of nitro groups is 1. The number of anilines is 1. The first-order valence-electron chi connectivity index (χ1n) is 7.37. The van der Waals surface area contributed by atoms with E-state index in [0.717, 1.165) is 31.4 Å². The van der Waals surface area contributed by atoms with Crippen LogP contribution in [0.15, 0.2) is 12.1 Å². The van der Waals surface area contributed by atoms with Gasteiger partial charge in [0.25, 0.3) is 5.69 Å². The second kappa shape index (κ2) is 5.27. The molecule has 2 N–H and O–H groups in total. The van der Waals surface area contributed by atoms with Crippen molar-refractivity contribution in [1.82, 2.24) is 0 Å². The van der Waals surface area contributed by atoms with Crippen LogP contribution in [0.2, 0.25) is 0 Å². The molecule has 0 radical (unpaired) electrons. The van der Waals surface area contributed by atoms with Crippen LogP contribution in [0.4, 0.5) is 11.4 Å². The second-order valence-corrected chi connectivity index (χ2v) is 6.04. The Bertz CT molecular complexity index is 561. The molecule has 0 amide bonds. The molecular formula is C15H20N2O4. The van der Waals surface area contributed by atoms with Crippen molar-refractivity contribution < 1.29 is 15.1 Å². The average molecular weight is 292 g/mol. The summed E-state index contributed by atoms with van der Waals surface area (Å²) in [5, 5.41) is 30.6. The van der Waals surface area contributed by atoms with E-state index in [4.69, 9.17) is 0 Å². The molecule has 3 atom stereocenters. The molecule has 2 aliphatic heterocycles. The molecule has 0 saturated carbocycles. The van der Waals surface area contributed by atoms with E-state index >= 15 is 0 Å². The number of rotatable bonds is 3. The third-order valence-corrected chi connectivity index (χ3v) is 4.89. The van der Waals surface area contributed by atoms with Crippen LogP contribution in [0, 0.1) is 17.0 Å². The predicted molar refractivity (Wildman–Crippen MR) is 78.3 cm³/mol. The number of nitrogens with zero attached hydrogens (tertiary/aromatic N) is 2. The summed E-state index contributed by atoms with van der Waals surface area (Å²) >= 11 is 0. The van der Waals surface area contributed by atoms with Gasteiger partial charge < -0.3 is 15.1 Å². The van der Waals surface area contributed by atoms with Crippen LogP contribution in [0.3, 0.4) is 0 Å². The van der Waals surface area contributed by atoms with Gasteiger partial charge in [0.2, 0.25) is 0 Å². The fourth-order valence-corrected chi connectivity index (χ4v) is 3.91. The zero-order valence-corrected chi connectivity index (χ0v) is 12.0. The van der Waals surface area contributed by atoms with E-state index in [1.54, 1.807) is 13.0 Å². The molecule has 1 aromatic rings. The summed E-state index contributed by atoms with van der Waals surface area (Å²) in [6, 6.07) is 3.81. The predicted octanol–water partition coefficient (Wildman–Crippen LogP) is 1.89. The van der Waals surface area contributed by atoms with E-state index in [1.807, 2.05) is 0 Å². The fourth-order valence-electron chi connectivity index (χ4n) is 3.91. The molecule has 2 aliphatic rings. The van der Waals surface area contributed by atoms with Gasteiger partial charge in [-0.15, -0.1) is 0 Å². The van der Waals surface area contributed by atoms with Gasteiger partial charge in [0.1, 0.15) is 0 Å². The Morgan fingerprint density at radius 2 is 1.95 bits per heavy atom. The molecular weight excluding hydrogens is 272 g/mol. The highest BCUT2D eigenvalue weighted by molar-refractivity contribution is 5.64. The maximum absolute atomic E-state index is 11.0. The maximum Gasteiger partial charge on any atom is 0.272 e. The van der Waals surface area contributed by atoms with Crippen LogP contribution in [-0.2, 0) is 6.61 Å². The maximum atomic E-state index is 11.0. The summed E-state index contributed by atoms with van der Waals surface area (Å²) in [7, 11) is 0. The van der Waals surface area contributed by atoms with Crippen LogP contribution in [0.25, 0.3) is 0 Å². The summed E-state index contributed by atoms with van der Waals surface area (Å²) in [6.07, 6.45) is 3.27. The number of aliphatic hydroxyl groups excluding tert-OH is 2. The first kappa shape index (κ1) is 14.3. The molecule has 114 valence electrons. The molecule has 0 aromatic heterocycles. The van der Waals surface area contributed by atoms with Crippen molar-refractivity contribution in [2.45, 2.75) is 57.4 Å². The van der Waals surface area contributed by atoms with E-state index in [-0.39, 0.29) is 30.5 Å². The lowest BCUT2D eigenvalue weighted by Gasteiger charge is -2.40. The molecule has 3 rings (SSSR count). The Kier molecular flexibility index (Phi) is 3.59. The number of aliphatic hydroxyl groups is 2. The summed E-state index contributed by atoms with van der Waals surface area (Å²) < 4.78 is 0. The number of hydrogen-bond acceptors (Lipinski definition) is 5. The van der Waals surface area contributed by atoms with Gasteiger partial charge in [-0.3, -0.25) is 10.1 Å². The summed E-state index contributed by atoms with van der Waals surface area (Å²) in [6.45, 7) is 1.48. The highest BCUT2D eigenvalue weighted by Crippen LogP contribution is 2.42. The fraction of sp³-hybridized carbons (Fsp3) is 0.600. The number of nitro benzene ring substituents is 1.